The Kier molecular flexibility index (Phi) is 5.11. The molecular weight excluding hydrogens is 326 g/mol. The third-order valence-electron chi connectivity index (χ3n) is 5.06. The van der Waals surface area contributed by atoms with E-state index >= 15 is 0 Å². The highest BCUT2D eigenvalue weighted by Crippen LogP contribution is 2.39. The first-order valence-corrected chi connectivity index (χ1v) is 8.93. The molecule has 130 valence electrons. The molecule has 2 aromatic heterocycles. The molecule has 6 heteroatoms. The first kappa shape index (κ1) is 17.2. The lowest BCUT2D eigenvalue weighted by Gasteiger charge is -2.32. The first-order chi connectivity index (χ1) is 11.5. The maximum Gasteiger partial charge on any atom is 0.341 e. The van der Waals surface area contributed by atoms with Crippen molar-refractivity contribution in [1.82, 2.24) is 14.5 Å². The number of piperidine rings is 1. The van der Waals surface area contributed by atoms with Gasteiger partial charge in [-0.05, 0) is 58.0 Å². The first-order valence-electron chi connectivity index (χ1n) is 8.55. The molecule has 0 N–H and O–H groups in total. The van der Waals surface area contributed by atoms with Crippen LogP contribution in [0.25, 0.3) is 5.52 Å². The standard InChI is InChI=1S/C18H24ClN3O2/c1-4-24-18(23)15-14-6-5-9-20-22(14)17(16(15)19)12(2)13-7-10-21(3)11-8-13/h5-6,9,12-13H,4,7-8,10-11H2,1-3H3. The van der Waals surface area contributed by atoms with Gasteiger partial charge in [-0.3, -0.25) is 0 Å². The van der Waals surface area contributed by atoms with E-state index in [0.717, 1.165) is 37.1 Å². The number of carbonyl (C=O) groups excluding carboxylic acids is 1. The molecule has 0 bridgehead atoms. The maximum atomic E-state index is 12.4. The van der Waals surface area contributed by atoms with Crippen LogP contribution < -0.4 is 0 Å². The SMILES string of the molecule is CCOC(=O)c1c(Cl)c(C(C)C2CCN(C)CC2)n2ncccc12. The van der Waals surface area contributed by atoms with Gasteiger partial charge in [-0.15, -0.1) is 0 Å². The summed E-state index contributed by atoms with van der Waals surface area (Å²) in [5, 5.41) is 4.93. The minimum absolute atomic E-state index is 0.233. The molecular formula is C18H24ClN3O2. The van der Waals surface area contributed by atoms with Crippen molar-refractivity contribution in [2.45, 2.75) is 32.6 Å². The summed E-state index contributed by atoms with van der Waals surface area (Å²) in [7, 11) is 2.15. The Labute approximate surface area is 147 Å². The molecule has 0 saturated carbocycles. The van der Waals surface area contributed by atoms with Gasteiger partial charge in [-0.2, -0.15) is 5.10 Å². The fraction of sp³-hybridized carbons (Fsp3) is 0.556. The van der Waals surface area contributed by atoms with Gasteiger partial charge in [0.25, 0.3) is 0 Å². The van der Waals surface area contributed by atoms with E-state index in [1.807, 2.05) is 16.6 Å². The van der Waals surface area contributed by atoms with Crippen LogP contribution in [0.5, 0.6) is 0 Å². The van der Waals surface area contributed by atoms with Gasteiger partial charge >= 0.3 is 5.97 Å². The molecule has 1 unspecified atom stereocenters. The Morgan fingerprint density at radius 1 is 1.46 bits per heavy atom. The second-order valence-corrected chi connectivity index (χ2v) is 6.92. The van der Waals surface area contributed by atoms with E-state index in [9.17, 15) is 4.79 Å². The van der Waals surface area contributed by atoms with Gasteiger partial charge in [0, 0.05) is 12.1 Å². The molecule has 5 nitrogen and oxygen atoms in total. The number of fused-ring (bicyclic) bond motifs is 1. The van der Waals surface area contributed by atoms with Crippen LogP contribution in [-0.2, 0) is 4.74 Å². The highest BCUT2D eigenvalue weighted by atomic mass is 35.5. The molecule has 2 aromatic rings. The molecule has 0 spiro atoms. The topological polar surface area (TPSA) is 46.8 Å². The molecule has 24 heavy (non-hydrogen) atoms. The predicted molar refractivity (Wildman–Crippen MR) is 94.8 cm³/mol. The summed E-state index contributed by atoms with van der Waals surface area (Å²) in [6.45, 7) is 6.49. The lowest BCUT2D eigenvalue weighted by atomic mass is 9.83. The molecule has 3 rings (SSSR count). The molecule has 1 fully saturated rings. The third-order valence-corrected chi connectivity index (χ3v) is 5.44. The van der Waals surface area contributed by atoms with E-state index in [-0.39, 0.29) is 11.9 Å². The number of halogens is 1. The van der Waals surface area contributed by atoms with E-state index < -0.39 is 0 Å². The molecule has 1 atom stereocenters. The van der Waals surface area contributed by atoms with Crippen molar-refractivity contribution < 1.29 is 9.53 Å². The number of esters is 1. The van der Waals surface area contributed by atoms with Crippen molar-refractivity contribution in [1.29, 1.82) is 0 Å². The number of likely N-dealkylation sites (tertiary alicyclic amines) is 1. The van der Waals surface area contributed by atoms with E-state index in [0.29, 0.717) is 23.1 Å². The van der Waals surface area contributed by atoms with Crippen LogP contribution in [0.2, 0.25) is 5.02 Å². The van der Waals surface area contributed by atoms with E-state index in [1.54, 1.807) is 13.1 Å². The maximum absolute atomic E-state index is 12.4. The zero-order valence-electron chi connectivity index (χ0n) is 14.5. The Hall–Kier alpha value is -1.59. The van der Waals surface area contributed by atoms with Crippen LogP contribution in [0.3, 0.4) is 0 Å². The molecule has 1 aliphatic heterocycles. The van der Waals surface area contributed by atoms with Gasteiger partial charge in [0.05, 0.1) is 22.8 Å². The normalized spacial score (nSPS) is 18.0. The van der Waals surface area contributed by atoms with Gasteiger partial charge < -0.3 is 9.64 Å². The quantitative estimate of drug-likeness (QED) is 0.791. The number of hydrogen-bond donors (Lipinski definition) is 0. The minimum Gasteiger partial charge on any atom is -0.462 e. The van der Waals surface area contributed by atoms with Gasteiger partial charge in [0.1, 0.15) is 5.56 Å². The average molecular weight is 350 g/mol. The van der Waals surface area contributed by atoms with Gasteiger partial charge in [-0.1, -0.05) is 18.5 Å². The molecule has 1 aliphatic rings. The Bertz CT molecular complexity index is 735. The van der Waals surface area contributed by atoms with Crippen molar-refractivity contribution in [3.8, 4) is 0 Å². The molecule has 0 amide bonds. The fourth-order valence-electron chi connectivity index (χ4n) is 3.63. The largest absolute Gasteiger partial charge is 0.462 e. The van der Waals surface area contributed by atoms with Crippen LogP contribution in [0, 0.1) is 5.92 Å². The number of carbonyl (C=O) groups is 1. The molecule has 3 heterocycles. The second kappa shape index (κ2) is 7.11. The number of aromatic nitrogens is 2. The molecule has 0 aromatic carbocycles. The molecule has 1 saturated heterocycles. The van der Waals surface area contributed by atoms with Crippen LogP contribution in [-0.4, -0.2) is 47.2 Å². The predicted octanol–water partition coefficient (Wildman–Crippen LogP) is 3.61. The monoisotopic (exact) mass is 349 g/mol. The highest BCUT2D eigenvalue weighted by Gasteiger charge is 2.31. The average Bonchev–Trinajstić information content (AvgIpc) is 2.87. The number of hydrogen-bond acceptors (Lipinski definition) is 4. The van der Waals surface area contributed by atoms with Crippen LogP contribution in [0.15, 0.2) is 18.3 Å². The summed E-state index contributed by atoms with van der Waals surface area (Å²) in [5.41, 5.74) is 2.07. The van der Waals surface area contributed by atoms with Crippen molar-refractivity contribution >= 4 is 23.1 Å². The third kappa shape index (κ3) is 3.03. The Morgan fingerprint density at radius 2 is 2.17 bits per heavy atom. The zero-order chi connectivity index (χ0) is 17.3. The summed E-state index contributed by atoms with van der Waals surface area (Å²) in [4.78, 5) is 14.7. The van der Waals surface area contributed by atoms with Gasteiger partial charge in [0.2, 0.25) is 0 Å². The van der Waals surface area contributed by atoms with Gasteiger partial charge in [0.15, 0.2) is 0 Å². The van der Waals surface area contributed by atoms with Crippen LogP contribution in [0.1, 0.15) is 48.7 Å². The Morgan fingerprint density at radius 3 is 2.83 bits per heavy atom. The number of rotatable bonds is 4. The summed E-state index contributed by atoms with van der Waals surface area (Å²) >= 11 is 6.65. The molecule has 0 aliphatic carbocycles. The lowest BCUT2D eigenvalue weighted by molar-refractivity contribution is 0.0529. The minimum atomic E-state index is -0.380. The number of nitrogens with zero attached hydrogens (tertiary/aromatic N) is 3. The summed E-state index contributed by atoms with van der Waals surface area (Å²) < 4.78 is 7.02. The number of ether oxygens (including phenoxy) is 1. The lowest BCUT2D eigenvalue weighted by Crippen LogP contribution is -2.32. The summed E-state index contributed by atoms with van der Waals surface area (Å²) in [5.74, 6) is 0.389. The summed E-state index contributed by atoms with van der Waals surface area (Å²) in [6.07, 6.45) is 3.98. The van der Waals surface area contributed by atoms with Crippen LogP contribution >= 0.6 is 11.6 Å². The zero-order valence-corrected chi connectivity index (χ0v) is 15.2. The fourth-order valence-corrected chi connectivity index (χ4v) is 4.05. The highest BCUT2D eigenvalue weighted by molar-refractivity contribution is 6.35. The second-order valence-electron chi connectivity index (χ2n) is 6.54. The smallest absolute Gasteiger partial charge is 0.341 e. The van der Waals surface area contributed by atoms with Crippen LogP contribution in [0.4, 0.5) is 0 Å². The van der Waals surface area contributed by atoms with E-state index in [1.165, 1.54) is 0 Å². The Balaban J connectivity index is 2.04. The van der Waals surface area contributed by atoms with Crippen molar-refractivity contribution in [2.24, 2.45) is 5.92 Å². The molecule has 0 radical (unpaired) electrons. The van der Waals surface area contributed by atoms with Crippen molar-refractivity contribution in [3.05, 3.63) is 34.6 Å². The summed E-state index contributed by atoms with van der Waals surface area (Å²) in [6, 6.07) is 3.69. The van der Waals surface area contributed by atoms with E-state index in [4.69, 9.17) is 16.3 Å². The van der Waals surface area contributed by atoms with Crippen molar-refractivity contribution in [3.63, 3.8) is 0 Å². The van der Waals surface area contributed by atoms with E-state index in [2.05, 4.69) is 24.0 Å². The van der Waals surface area contributed by atoms with Crippen molar-refractivity contribution in [2.75, 3.05) is 26.7 Å². The van der Waals surface area contributed by atoms with Gasteiger partial charge in [-0.25, -0.2) is 9.31 Å².